The Morgan fingerprint density at radius 2 is 2.28 bits per heavy atom. The number of nitrogens with zero attached hydrogens (tertiary/aromatic N) is 2. The predicted octanol–water partition coefficient (Wildman–Crippen LogP) is 3.01. The molecule has 3 rings (SSSR count). The van der Waals surface area contributed by atoms with Crippen molar-refractivity contribution in [1.29, 1.82) is 0 Å². The maximum absolute atomic E-state index is 12.2. The number of hydrogen-bond donors (Lipinski definition) is 1. The van der Waals surface area contributed by atoms with E-state index >= 15 is 0 Å². The Labute approximate surface area is 108 Å². The van der Waals surface area contributed by atoms with Crippen LogP contribution < -0.4 is 0 Å². The van der Waals surface area contributed by atoms with Gasteiger partial charge in [0.2, 0.25) is 0 Å². The van der Waals surface area contributed by atoms with E-state index in [-0.39, 0.29) is 5.91 Å². The molecule has 0 aliphatic carbocycles. The average molecular weight is 260 g/mol. The van der Waals surface area contributed by atoms with E-state index in [0.29, 0.717) is 10.7 Å². The molecule has 0 atom stereocenters. The zero-order valence-electron chi connectivity index (χ0n) is 9.64. The lowest BCUT2D eigenvalue weighted by molar-refractivity contribution is 0.0940. The summed E-state index contributed by atoms with van der Waals surface area (Å²) in [5.41, 5.74) is 2.32. The third-order valence-electron chi connectivity index (χ3n) is 2.95. The maximum atomic E-state index is 12.2. The van der Waals surface area contributed by atoms with Crippen LogP contribution in [0.15, 0.2) is 36.7 Å². The molecule has 0 unspecified atom stereocenters. The van der Waals surface area contributed by atoms with Crippen molar-refractivity contribution < 1.29 is 4.79 Å². The van der Waals surface area contributed by atoms with Crippen LogP contribution >= 0.6 is 11.6 Å². The summed E-state index contributed by atoms with van der Waals surface area (Å²) < 4.78 is 1.30. The van der Waals surface area contributed by atoms with Gasteiger partial charge in [-0.1, -0.05) is 11.6 Å². The van der Waals surface area contributed by atoms with Crippen molar-refractivity contribution in [3.05, 3.63) is 52.9 Å². The minimum Gasteiger partial charge on any atom is -0.350 e. The van der Waals surface area contributed by atoms with Crippen LogP contribution in [0, 0.1) is 6.92 Å². The predicted molar refractivity (Wildman–Crippen MR) is 70.0 cm³/mol. The monoisotopic (exact) mass is 259 g/mol. The first-order valence-corrected chi connectivity index (χ1v) is 5.87. The quantitative estimate of drug-likeness (QED) is 0.730. The van der Waals surface area contributed by atoms with E-state index in [1.165, 1.54) is 4.68 Å². The van der Waals surface area contributed by atoms with Crippen LogP contribution in [0.2, 0.25) is 5.02 Å². The molecule has 0 fully saturated rings. The lowest BCUT2D eigenvalue weighted by Crippen LogP contribution is -2.13. The van der Waals surface area contributed by atoms with E-state index < -0.39 is 0 Å². The summed E-state index contributed by atoms with van der Waals surface area (Å²) in [5, 5.41) is 5.55. The molecule has 0 saturated heterocycles. The normalized spacial score (nSPS) is 11.0. The van der Waals surface area contributed by atoms with E-state index in [9.17, 15) is 4.79 Å². The van der Waals surface area contributed by atoms with Crippen LogP contribution in [0.4, 0.5) is 0 Å². The van der Waals surface area contributed by atoms with Gasteiger partial charge in [0.25, 0.3) is 5.91 Å². The van der Waals surface area contributed by atoms with Crippen LogP contribution in [-0.2, 0) is 0 Å². The standard InChI is InChI=1S/C13H10ClN3O/c1-8-10-7-9(14)3-4-11(10)16-12(8)13(18)17-6-2-5-15-17/h2-7,16H,1H3. The molecular formula is C13H10ClN3O. The number of aromatic nitrogens is 3. The summed E-state index contributed by atoms with van der Waals surface area (Å²) in [6.45, 7) is 1.89. The molecule has 0 amide bonds. The number of aromatic amines is 1. The number of benzene rings is 1. The number of nitrogens with one attached hydrogen (secondary N) is 1. The molecule has 0 radical (unpaired) electrons. The summed E-state index contributed by atoms with van der Waals surface area (Å²) in [6, 6.07) is 7.22. The fourth-order valence-electron chi connectivity index (χ4n) is 2.02. The molecule has 2 heterocycles. The van der Waals surface area contributed by atoms with E-state index in [0.717, 1.165) is 16.5 Å². The number of carbonyl (C=O) groups excluding carboxylic acids is 1. The highest BCUT2D eigenvalue weighted by Gasteiger charge is 2.16. The van der Waals surface area contributed by atoms with Gasteiger partial charge in [-0.3, -0.25) is 4.79 Å². The fraction of sp³-hybridized carbons (Fsp3) is 0.0769. The minimum atomic E-state index is -0.176. The number of aryl methyl sites for hydroxylation is 1. The third-order valence-corrected chi connectivity index (χ3v) is 3.18. The first kappa shape index (κ1) is 11.0. The van der Waals surface area contributed by atoms with Crippen molar-refractivity contribution in [1.82, 2.24) is 14.8 Å². The number of H-pyrrole nitrogens is 1. The van der Waals surface area contributed by atoms with Gasteiger partial charge < -0.3 is 4.98 Å². The van der Waals surface area contributed by atoms with E-state index in [1.54, 1.807) is 24.5 Å². The van der Waals surface area contributed by atoms with E-state index in [1.807, 2.05) is 19.1 Å². The Kier molecular flexibility index (Phi) is 2.45. The molecule has 2 aromatic heterocycles. The van der Waals surface area contributed by atoms with Crippen molar-refractivity contribution in [2.24, 2.45) is 0 Å². The first-order chi connectivity index (χ1) is 8.66. The van der Waals surface area contributed by atoms with Gasteiger partial charge in [-0.25, -0.2) is 4.68 Å². The Bertz CT molecular complexity index is 728. The molecule has 18 heavy (non-hydrogen) atoms. The Morgan fingerprint density at radius 3 is 3.00 bits per heavy atom. The van der Waals surface area contributed by atoms with E-state index in [2.05, 4.69) is 10.1 Å². The van der Waals surface area contributed by atoms with Gasteiger partial charge in [0, 0.05) is 28.3 Å². The van der Waals surface area contributed by atoms with E-state index in [4.69, 9.17) is 11.6 Å². The van der Waals surface area contributed by atoms with Crippen LogP contribution in [0.25, 0.3) is 10.9 Å². The van der Waals surface area contributed by atoms with Gasteiger partial charge in [0.15, 0.2) is 0 Å². The zero-order valence-corrected chi connectivity index (χ0v) is 10.4. The van der Waals surface area contributed by atoms with Crippen LogP contribution in [-0.4, -0.2) is 20.7 Å². The minimum absolute atomic E-state index is 0.176. The highest BCUT2D eigenvalue weighted by Crippen LogP contribution is 2.25. The molecular weight excluding hydrogens is 250 g/mol. The van der Waals surface area contributed by atoms with Gasteiger partial charge in [0.1, 0.15) is 5.69 Å². The molecule has 4 nitrogen and oxygen atoms in total. The van der Waals surface area contributed by atoms with Crippen molar-refractivity contribution >= 4 is 28.4 Å². The molecule has 0 bridgehead atoms. The highest BCUT2D eigenvalue weighted by molar-refractivity contribution is 6.31. The van der Waals surface area contributed by atoms with Gasteiger partial charge in [-0.05, 0) is 36.8 Å². The van der Waals surface area contributed by atoms with Gasteiger partial charge in [0.05, 0.1) is 0 Å². The zero-order chi connectivity index (χ0) is 12.7. The smallest absolute Gasteiger partial charge is 0.294 e. The van der Waals surface area contributed by atoms with Crippen molar-refractivity contribution in [3.8, 4) is 0 Å². The Balaban J connectivity index is 2.19. The maximum Gasteiger partial charge on any atom is 0.294 e. The van der Waals surface area contributed by atoms with Crippen molar-refractivity contribution in [2.75, 3.05) is 0 Å². The van der Waals surface area contributed by atoms with Crippen molar-refractivity contribution in [3.63, 3.8) is 0 Å². The van der Waals surface area contributed by atoms with Gasteiger partial charge >= 0.3 is 0 Å². The largest absolute Gasteiger partial charge is 0.350 e. The van der Waals surface area contributed by atoms with Crippen molar-refractivity contribution in [2.45, 2.75) is 6.92 Å². The second-order valence-electron chi connectivity index (χ2n) is 4.07. The van der Waals surface area contributed by atoms with Gasteiger partial charge in [-0.2, -0.15) is 5.10 Å². The molecule has 0 saturated carbocycles. The molecule has 3 aromatic rings. The second-order valence-corrected chi connectivity index (χ2v) is 4.51. The number of hydrogen-bond acceptors (Lipinski definition) is 2. The van der Waals surface area contributed by atoms with Gasteiger partial charge in [-0.15, -0.1) is 0 Å². The molecule has 0 aliphatic heterocycles. The fourth-order valence-corrected chi connectivity index (χ4v) is 2.19. The third kappa shape index (κ3) is 1.62. The topological polar surface area (TPSA) is 50.7 Å². The molecule has 1 N–H and O–H groups in total. The molecule has 5 heteroatoms. The lowest BCUT2D eigenvalue weighted by Gasteiger charge is -1.98. The summed E-state index contributed by atoms with van der Waals surface area (Å²) >= 11 is 5.96. The molecule has 1 aromatic carbocycles. The Hall–Kier alpha value is -2.07. The summed E-state index contributed by atoms with van der Waals surface area (Å²) in [7, 11) is 0. The number of carbonyl (C=O) groups is 1. The summed E-state index contributed by atoms with van der Waals surface area (Å²) in [4.78, 5) is 15.3. The second kappa shape index (κ2) is 3.99. The molecule has 90 valence electrons. The SMILES string of the molecule is Cc1c(C(=O)n2cccn2)[nH]c2ccc(Cl)cc12. The Morgan fingerprint density at radius 1 is 1.44 bits per heavy atom. The number of rotatable bonds is 1. The molecule has 0 spiro atoms. The van der Waals surface area contributed by atoms with Crippen LogP contribution in [0.5, 0.6) is 0 Å². The van der Waals surface area contributed by atoms with Crippen LogP contribution in [0.1, 0.15) is 16.1 Å². The number of halogens is 1. The summed E-state index contributed by atoms with van der Waals surface area (Å²) in [6.07, 6.45) is 3.20. The molecule has 0 aliphatic rings. The average Bonchev–Trinajstić information content (AvgIpc) is 2.98. The summed E-state index contributed by atoms with van der Waals surface area (Å²) in [5.74, 6) is -0.176. The lowest BCUT2D eigenvalue weighted by atomic mass is 10.1. The number of fused-ring (bicyclic) bond motifs is 1. The highest BCUT2D eigenvalue weighted by atomic mass is 35.5. The van der Waals surface area contributed by atoms with Crippen LogP contribution in [0.3, 0.4) is 0 Å². The first-order valence-electron chi connectivity index (χ1n) is 5.49.